The second-order valence-electron chi connectivity index (χ2n) is 3.47. The van der Waals surface area contributed by atoms with Gasteiger partial charge in [-0.05, 0) is 17.9 Å². The van der Waals surface area contributed by atoms with Gasteiger partial charge < -0.3 is 10.8 Å². The van der Waals surface area contributed by atoms with E-state index in [0.717, 1.165) is 6.26 Å². The van der Waals surface area contributed by atoms with E-state index in [0.29, 0.717) is 10.5 Å². The largest absolute Gasteiger partial charge is 0.480 e. The van der Waals surface area contributed by atoms with Crippen LogP contribution < -0.4 is 5.73 Å². The van der Waals surface area contributed by atoms with Crippen molar-refractivity contribution < 1.29 is 18.3 Å². The van der Waals surface area contributed by atoms with Gasteiger partial charge in [0.15, 0.2) is 9.84 Å². The van der Waals surface area contributed by atoms with Gasteiger partial charge >= 0.3 is 5.97 Å². The lowest BCUT2D eigenvalue weighted by Crippen LogP contribution is -2.22. The van der Waals surface area contributed by atoms with Gasteiger partial charge in [0.25, 0.3) is 0 Å². The smallest absolute Gasteiger partial charge is 0.325 e. The molecule has 0 aliphatic heterocycles. The molecule has 0 radical (unpaired) electrons. The van der Waals surface area contributed by atoms with Crippen molar-refractivity contribution in [2.75, 3.05) is 12.5 Å². The zero-order valence-electron chi connectivity index (χ0n) is 9.38. The number of rotatable bonds is 4. The van der Waals surface area contributed by atoms with Crippen molar-refractivity contribution in [2.24, 2.45) is 5.73 Å². The topological polar surface area (TPSA) is 97.5 Å². The Kier molecular flexibility index (Phi) is 4.18. The number of carbonyl (C=O) groups is 1. The highest BCUT2D eigenvalue weighted by Gasteiger charge is 2.22. The van der Waals surface area contributed by atoms with Gasteiger partial charge in [-0.2, -0.15) is 0 Å². The molecule has 0 heterocycles. The lowest BCUT2D eigenvalue weighted by atomic mass is 10.1. The molecule has 1 aromatic carbocycles. The molecular weight excluding hydrogens is 262 g/mol. The Hall–Kier alpha value is -1.05. The molecule has 1 unspecified atom stereocenters. The van der Waals surface area contributed by atoms with Crippen LogP contribution in [0.1, 0.15) is 11.6 Å². The number of hydrogen-bond acceptors (Lipinski definition) is 5. The summed E-state index contributed by atoms with van der Waals surface area (Å²) in [4.78, 5) is 11.3. The summed E-state index contributed by atoms with van der Waals surface area (Å²) in [5.41, 5.74) is 5.83. The molecular formula is C10H13NO4S2. The molecule has 0 aliphatic carbocycles. The van der Waals surface area contributed by atoms with Crippen molar-refractivity contribution in [1.29, 1.82) is 0 Å². The highest BCUT2D eigenvalue weighted by Crippen LogP contribution is 2.31. The minimum atomic E-state index is -3.40. The predicted molar refractivity (Wildman–Crippen MR) is 65.9 cm³/mol. The van der Waals surface area contributed by atoms with Crippen molar-refractivity contribution in [3.8, 4) is 0 Å². The fourth-order valence-electron chi connectivity index (χ4n) is 1.42. The third-order valence-corrected chi connectivity index (χ3v) is 4.35. The maximum atomic E-state index is 11.6. The van der Waals surface area contributed by atoms with Crippen molar-refractivity contribution in [3.05, 3.63) is 23.8 Å². The number of carboxylic acids is 1. The van der Waals surface area contributed by atoms with Crippen LogP contribution in [0.5, 0.6) is 0 Å². The molecule has 1 rings (SSSR count). The highest BCUT2D eigenvalue weighted by atomic mass is 32.2. The Balaban J connectivity index is 3.49. The Morgan fingerprint density at radius 2 is 2.06 bits per heavy atom. The van der Waals surface area contributed by atoms with E-state index in [2.05, 4.69) is 0 Å². The molecule has 94 valence electrons. The molecule has 3 N–H and O–H groups in total. The molecule has 0 spiro atoms. The van der Waals surface area contributed by atoms with Crippen LogP contribution in [-0.4, -0.2) is 32.0 Å². The summed E-state index contributed by atoms with van der Waals surface area (Å²) in [6.45, 7) is 0. The molecule has 0 saturated carbocycles. The van der Waals surface area contributed by atoms with E-state index in [-0.39, 0.29) is 4.90 Å². The van der Waals surface area contributed by atoms with Crippen molar-refractivity contribution in [2.45, 2.75) is 15.8 Å². The molecule has 5 nitrogen and oxygen atoms in total. The molecule has 0 fully saturated rings. The third kappa shape index (κ3) is 2.99. The van der Waals surface area contributed by atoms with Gasteiger partial charge in [-0.1, -0.05) is 12.1 Å². The Bertz CT molecular complexity index is 539. The van der Waals surface area contributed by atoms with Crippen LogP contribution in [0.2, 0.25) is 0 Å². The maximum absolute atomic E-state index is 11.6. The normalized spacial score (nSPS) is 13.4. The van der Waals surface area contributed by atoms with E-state index in [9.17, 15) is 13.2 Å². The molecule has 1 aromatic rings. The summed E-state index contributed by atoms with van der Waals surface area (Å²) in [6.07, 6.45) is 2.76. The molecule has 0 aromatic heterocycles. The van der Waals surface area contributed by atoms with E-state index in [1.165, 1.54) is 30.0 Å². The summed E-state index contributed by atoms with van der Waals surface area (Å²) >= 11 is 1.17. The summed E-state index contributed by atoms with van der Waals surface area (Å²) in [5, 5.41) is 8.87. The maximum Gasteiger partial charge on any atom is 0.325 e. The van der Waals surface area contributed by atoms with E-state index < -0.39 is 21.8 Å². The van der Waals surface area contributed by atoms with Gasteiger partial charge in [0, 0.05) is 11.2 Å². The first-order valence-corrected chi connectivity index (χ1v) is 7.76. The van der Waals surface area contributed by atoms with E-state index in [1.54, 1.807) is 6.26 Å². The Morgan fingerprint density at radius 1 is 1.47 bits per heavy atom. The highest BCUT2D eigenvalue weighted by molar-refractivity contribution is 7.99. The number of hydrogen-bond donors (Lipinski definition) is 2. The Morgan fingerprint density at radius 3 is 2.47 bits per heavy atom. The van der Waals surface area contributed by atoms with E-state index in [1.807, 2.05) is 0 Å². The second kappa shape index (κ2) is 5.07. The monoisotopic (exact) mass is 275 g/mol. The quantitative estimate of drug-likeness (QED) is 0.792. The van der Waals surface area contributed by atoms with Crippen LogP contribution in [0.3, 0.4) is 0 Å². The molecule has 0 aliphatic rings. The van der Waals surface area contributed by atoms with Crippen LogP contribution in [0, 0.1) is 0 Å². The van der Waals surface area contributed by atoms with Crippen LogP contribution in [-0.2, 0) is 14.6 Å². The van der Waals surface area contributed by atoms with Gasteiger partial charge in [-0.15, -0.1) is 11.8 Å². The molecule has 0 saturated heterocycles. The number of carboxylic acid groups (broad SMARTS) is 1. The van der Waals surface area contributed by atoms with Crippen molar-refractivity contribution in [1.82, 2.24) is 0 Å². The predicted octanol–water partition coefficient (Wildman–Crippen LogP) is 0.896. The van der Waals surface area contributed by atoms with Crippen LogP contribution in [0.25, 0.3) is 0 Å². The second-order valence-corrected chi connectivity index (χ2v) is 6.27. The molecule has 1 atom stereocenters. The fraction of sp³-hybridized carbons (Fsp3) is 0.300. The van der Waals surface area contributed by atoms with Crippen LogP contribution >= 0.6 is 11.8 Å². The van der Waals surface area contributed by atoms with Gasteiger partial charge in [0.2, 0.25) is 0 Å². The van der Waals surface area contributed by atoms with E-state index >= 15 is 0 Å². The van der Waals surface area contributed by atoms with Crippen molar-refractivity contribution in [3.63, 3.8) is 0 Å². The first kappa shape index (κ1) is 14.0. The number of nitrogens with two attached hydrogens (primary N) is 1. The zero-order valence-corrected chi connectivity index (χ0v) is 11.0. The van der Waals surface area contributed by atoms with Crippen LogP contribution in [0.15, 0.2) is 28.0 Å². The van der Waals surface area contributed by atoms with Gasteiger partial charge in [0.1, 0.15) is 6.04 Å². The minimum absolute atomic E-state index is 0.110. The first-order chi connectivity index (χ1) is 7.79. The summed E-state index contributed by atoms with van der Waals surface area (Å²) in [6, 6.07) is 3.24. The van der Waals surface area contributed by atoms with Gasteiger partial charge in [-0.25, -0.2) is 8.42 Å². The molecule has 7 heteroatoms. The zero-order chi connectivity index (χ0) is 13.2. The van der Waals surface area contributed by atoms with Gasteiger partial charge in [-0.3, -0.25) is 4.79 Å². The average Bonchev–Trinajstić information content (AvgIpc) is 2.25. The summed E-state index contributed by atoms with van der Waals surface area (Å²) in [7, 11) is -3.40. The number of benzene rings is 1. The van der Waals surface area contributed by atoms with Crippen molar-refractivity contribution >= 4 is 27.6 Å². The lowest BCUT2D eigenvalue weighted by Gasteiger charge is -2.14. The number of thioether (sulfide) groups is 1. The molecule has 0 amide bonds. The lowest BCUT2D eigenvalue weighted by molar-refractivity contribution is -0.138. The Labute approximate surface area is 104 Å². The van der Waals surface area contributed by atoms with Gasteiger partial charge in [0.05, 0.1) is 4.90 Å². The molecule has 0 bridgehead atoms. The SMILES string of the molecule is CSc1c(C(N)C(=O)O)cccc1S(C)(=O)=O. The minimum Gasteiger partial charge on any atom is -0.480 e. The van der Waals surface area contributed by atoms with Crippen LogP contribution in [0.4, 0.5) is 0 Å². The molecule has 17 heavy (non-hydrogen) atoms. The fourth-order valence-corrected chi connectivity index (χ4v) is 3.61. The first-order valence-electron chi connectivity index (χ1n) is 4.64. The van der Waals surface area contributed by atoms with E-state index in [4.69, 9.17) is 10.8 Å². The third-order valence-electron chi connectivity index (χ3n) is 2.21. The number of sulfone groups is 1. The summed E-state index contributed by atoms with van der Waals surface area (Å²) < 4.78 is 23.1. The summed E-state index contributed by atoms with van der Waals surface area (Å²) in [5.74, 6) is -1.19. The standard InChI is InChI=1S/C10H13NO4S2/c1-16-9-6(8(11)10(12)13)4-3-5-7(9)17(2,14)15/h3-5,8H,11H2,1-2H3,(H,12,13). The average molecular weight is 275 g/mol. The number of aliphatic carboxylic acids is 1.